The molecule has 15 heavy (non-hydrogen) atoms. The Kier molecular flexibility index (Phi) is 4.71. The molecule has 0 saturated heterocycles. The van der Waals surface area contributed by atoms with Crippen LogP contribution in [0, 0.1) is 0 Å². The Morgan fingerprint density at radius 1 is 1.33 bits per heavy atom. The van der Waals surface area contributed by atoms with Gasteiger partial charge in [0, 0.05) is 6.04 Å². The van der Waals surface area contributed by atoms with Crippen molar-refractivity contribution < 1.29 is 9.47 Å². The molecule has 1 atom stereocenters. The highest BCUT2D eigenvalue weighted by Gasteiger charge is 1.99. The summed E-state index contributed by atoms with van der Waals surface area (Å²) in [6, 6.07) is 7.81. The van der Waals surface area contributed by atoms with Crippen LogP contribution in [0.4, 0.5) is 0 Å². The number of nitrogens with two attached hydrogens (primary N) is 1. The van der Waals surface area contributed by atoms with Crippen molar-refractivity contribution in [3.63, 3.8) is 0 Å². The zero-order valence-corrected chi connectivity index (χ0v) is 8.98. The van der Waals surface area contributed by atoms with Gasteiger partial charge in [-0.2, -0.15) is 0 Å². The molecule has 0 fully saturated rings. The Morgan fingerprint density at radius 2 is 2.00 bits per heavy atom. The lowest BCUT2D eigenvalue weighted by atomic mass is 10.1. The Hall–Kier alpha value is -1.48. The van der Waals surface area contributed by atoms with Gasteiger partial charge in [0.15, 0.2) is 0 Å². The summed E-state index contributed by atoms with van der Waals surface area (Å²) in [5, 5.41) is 0. The SMILES string of the molecule is C=COCCOc1ccc(C(C)N)cc1. The Labute approximate surface area is 90.5 Å². The summed E-state index contributed by atoms with van der Waals surface area (Å²) < 4.78 is 10.4. The second kappa shape index (κ2) is 6.09. The monoisotopic (exact) mass is 207 g/mol. The number of ether oxygens (including phenoxy) is 2. The first-order valence-electron chi connectivity index (χ1n) is 4.95. The van der Waals surface area contributed by atoms with Gasteiger partial charge in [-0.25, -0.2) is 0 Å². The van der Waals surface area contributed by atoms with Gasteiger partial charge in [0.1, 0.15) is 19.0 Å². The van der Waals surface area contributed by atoms with Crippen LogP contribution in [-0.2, 0) is 4.74 Å². The maximum atomic E-state index is 5.73. The van der Waals surface area contributed by atoms with Crippen molar-refractivity contribution in [3.8, 4) is 5.75 Å². The fourth-order valence-corrected chi connectivity index (χ4v) is 1.16. The van der Waals surface area contributed by atoms with E-state index in [0.29, 0.717) is 13.2 Å². The Morgan fingerprint density at radius 3 is 2.53 bits per heavy atom. The molecule has 0 aliphatic heterocycles. The van der Waals surface area contributed by atoms with E-state index in [1.54, 1.807) is 0 Å². The molecule has 0 radical (unpaired) electrons. The largest absolute Gasteiger partial charge is 0.498 e. The Balaban J connectivity index is 2.39. The van der Waals surface area contributed by atoms with E-state index in [2.05, 4.69) is 6.58 Å². The average molecular weight is 207 g/mol. The fraction of sp³-hybridized carbons (Fsp3) is 0.333. The zero-order valence-electron chi connectivity index (χ0n) is 8.98. The molecule has 2 N–H and O–H groups in total. The van der Waals surface area contributed by atoms with E-state index < -0.39 is 0 Å². The van der Waals surface area contributed by atoms with Gasteiger partial charge in [-0.15, -0.1) is 0 Å². The predicted octanol–water partition coefficient (Wildman–Crippen LogP) is 2.25. The van der Waals surface area contributed by atoms with Gasteiger partial charge >= 0.3 is 0 Å². The molecule has 0 heterocycles. The zero-order chi connectivity index (χ0) is 11.1. The number of hydrogen-bond donors (Lipinski definition) is 1. The molecule has 0 bridgehead atoms. The maximum absolute atomic E-state index is 5.73. The van der Waals surface area contributed by atoms with Crippen molar-refractivity contribution in [2.24, 2.45) is 5.73 Å². The molecular formula is C12H17NO2. The standard InChI is InChI=1S/C12H17NO2/c1-3-14-8-9-15-12-6-4-11(5-7-12)10(2)13/h3-7,10H,1,8-9,13H2,2H3. The van der Waals surface area contributed by atoms with Gasteiger partial charge in [-0.3, -0.25) is 0 Å². The second-order valence-electron chi connectivity index (χ2n) is 3.24. The van der Waals surface area contributed by atoms with Crippen LogP contribution in [-0.4, -0.2) is 13.2 Å². The van der Waals surface area contributed by atoms with Gasteiger partial charge in [-0.1, -0.05) is 18.7 Å². The van der Waals surface area contributed by atoms with Crippen LogP contribution < -0.4 is 10.5 Å². The molecule has 0 saturated carbocycles. The van der Waals surface area contributed by atoms with E-state index in [1.165, 1.54) is 6.26 Å². The molecule has 1 rings (SSSR count). The van der Waals surface area contributed by atoms with Crippen molar-refractivity contribution in [1.82, 2.24) is 0 Å². The second-order valence-corrected chi connectivity index (χ2v) is 3.24. The highest BCUT2D eigenvalue weighted by Crippen LogP contribution is 2.15. The van der Waals surface area contributed by atoms with E-state index in [-0.39, 0.29) is 6.04 Å². The summed E-state index contributed by atoms with van der Waals surface area (Å²) in [6.07, 6.45) is 1.41. The molecule has 0 aromatic heterocycles. The minimum atomic E-state index is 0.0585. The van der Waals surface area contributed by atoms with Crippen LogP contribution in [0.25, 0.3) is 0 Å². The van der Waals surface area contributed by atoms with Gasteiger partial charge in [-0.05, 0) is 24.6 Å². The third kappa shape index (κ3) is 4.04. The van der Waals surface area contributed by atoms with Crippen LogP contribution in [0.15, 0.2) is 37.1 Å². The smallest absolute Gasteiger partial charge is 0.122 e. The highest BCUT2D eigenvalue weighted by molar-refractivity contribution is 5.28. The summed E-state index contributed by atoms with van der Waals surface area (Å²) in [7, 11) is 0. The maximum Gasteiger partial charge on any atom is 0.122 e. The van der Waals surface area contributed by atoms with E-state index in [0.717, 1.165) is 11.3 Å². The highest BCUT2D eigenvalue weighted by atomic mass is 16.5. The molecular weight excluding hydrogens is 190 g/mol. The molecule has 0 aliphatic carbocycles. The van der Waals surface area contributed by atoms with Gasteiger partial charge in [0.25, 0.3) is 0 Å². The molecule has 1 unspecified atom stereocenters. The van der Waals surface area contributed by atoms with Crippen molar-refractivity contribution in [3.05, 3.63) is 42.7 Å². The number of rotatable bonds is 6. The molecule has 3 heteroatoms. The van der Waals surface area contributed by atoms with Gasteiger partial charge in [0.05, 0.1) is 6.26 Å². The topological polar surface area (TPSA) is 44.5 Å². The minimum Gasteiger partial charge on any atom is -0.498 e. The first kappa shape index (κ1) is 11.6. The molecule has 3 nitrogen and oxygen atoms in total. The van der Waals surface area contributed by atoms with Gasteiger partial charge in [0.2, 0.25) is 0 Å². The quantitative estimate of drug-likeness (QED) is 0.574. The lowest BCUT2D eigenvalue weighted by molar-refractivity contribution is 0.179. The molecule has 0 amide bonds. The van der Waals surface area contributed by atoms with E-state index in [1.807, 2.05) is 31.2 Å². The first-order chi connectivity index (χ1) is 7.24. The summed E-state index contributed by atoms with van der Waals surface area (Å²) >= 11 is 0. The molecule has 82 valence electrons. The van der Waals surface area contributed by atoms with Crippen molar-refractivity contribution in [1.29, 1.82) is 0 Å². The third-order valence-electron chi connectivity index (χ3n) is 1.99. The van der Waals surface area contributed by atoms with Gasteiger partial charge < -0.3 is 15.2 Å². The predicted molar refractivity (Wildman–Crippen MR) is 60.7 cm³/mol. The van der Waals surface area contributed by atoms with Crippen molar-refractivity contribution in [2.45, 2.75) is 13.0 Å². The van der Waals surface area contributed by atoms with Crippen LogP contribution in [0.5, 0.6) is 5.75 Å². The first-order valence-corrected chi connectivity index (χ1v) is 4.95. The normalized spacial score (nSPS) is 11.9. The number of benzene rings is 1. The minimum absolute atomic E-state index is 0.0585. The van der Waals surface area contributed by atoms with Crippen LogP contribution in [0.2, 0.25) is 0 Å². The van der Waals surface area contributed by atoms with Crippen LogP contribution >= 0.6 is 0 Å². The lowest BCUT2D eigenvalue weighted by Gasteiger charge is -2.08. The summed E-state index contributed by atoms with van der Waals surface area (Å²) in [5.41, 5.74) is 6.83. The summed E-state index contributed by atoms with van der Waals surface area (Å²) in [5.74, 6) is 0.826. The number of hydrogen-bond acceptors (Lipinski definition) is 3. The molecule has 1 aromatic rings. The molecule has 0 spiro atoms. The van der Waals surface area contributed by atoms with Crippen molar-refractivity contribution in [2.75, 3.05) is 13.2 Å². The van der Waals surface area contributed by atoms with E-state index in [4.69, 9.17) is 15.2 Å². The van der Waals surface area contributed by atoms with Crippen LogP contribution in [0.3, 0.4) is 0 Å². The lowest BCUT2D eigenvalue weighted by Crippen LogP contribution is -2.06. The van der Waals surface area contributed by atoms with E-state index >= 15 is 0 Å². The molecule has 1 aromatic carbocycles. The summed E-state index contributed by atoms with van der Waals surface area (Å²) in [6.45, 7) is 6.43. The van der Waals surface area contributed by atoms with Crippen molar-refractivity contribution >= 4 is 0 Å². The van der Waals surface area contributed by atoms with E-state index in [9.17, 15) is 0 Å². The molecule has 0 aliphatic rings. The summed E-state index contributed by atoms with van der Waals surface area (Å²) in [4.78, 5) is 0. The average Bonchev–Trinajstić information content (AvgIpc) is 2.25. The Bertz CT molecular complexity index is 293. The third-order valence-corrected chi connectivity index (χ3v) is 1.99. The fourth-order valence-electron chi connectivity index (χ4n) is 1.16. The van der Waals surface area contributed by atoms with Crippen LogP contribution in [0.1, 0.15) is 18.5 Å².